The first-order valence-corrected chi connectivity index (χ1v) is 10.5. The van der Waals surface area contributed by atoms with Gasteiger partial charge in [-0.05, 0) is 18.1 Å². The quantitative estimate of drug-likeness (QED) is 0.560. The van der Waals surface area contributed by atoms with Crippen molar-refractivity contribution in [2.75, 3.05) is 32.8 Å². The first-order chi connectivity index (χ1) is 13.4. The van der Waals surface area contributed by atoms with E-state index in [2.05, 4.69) is 9.62 Å². The van der Waals surface area contributed by atoms with E-state index in [0.717, 1.165) is 24.7 Å². The van der Waals surface area contributed by atoms with E-state index in [1.165, 1.54) is 12.1 Å². The summed E-state index contributed by atoms with van der Waals surface area (Å²) in [5.74, 6) is 0. The summed E-state index contributed by atoms with van der Waals surface area (Å²) in [4.78, 5) is 12.5. The Hall–Kier alpha value is -2.33. The number of hydrogen-bond donors (Lipinski definition) is 1. The van der Waals surface area contributed by atoms with Gasteiger partial charge in [-0.15, -0.1) is 0 Å². The molecule has 3 rings (SSSR count). The van der Waals surface area contributed by atoms with Crippen LogP contribution >= 0.6 is 0 Å². The van der Waals surface area contributed by atoms with Gasteiger partial charge in [0.2, 0.25) is 10.0 Å². The smallest absolute Gasteiger partial charge is 0.270 e. The van der Waals surface area contributed by atoms with E-state index in [9.17, 15) is 18.5 Å². The van der Waals surface area contributed by atoms with Crippen LogP contribution in [0.25, 0.3) is 0 Å². The van der Waals surface area contributed by atoms with E-state index in [1.54, 1.807) is 6.92 Å². The standard InChI is InChI=1S/C19H23N3O5S/c1-15-7-8-17(22(23)24)13-19(15)28(25,26)20-18(16-5-3-2-4-6-16)14-21-9-11-27-12-10-21/h2-8,13,18,20H,9-12,14H2,1H3/t18-/m1/s1. The second-order valence-corrected chi connectivity index (χ2v) is 8.39. The number of nitro benzene ring substituents is 1. The molecule has 2 aromatic carbocycles. The van der Waals surface area contributed by atoms with Gasteiger partial charge < -0.3 is 4.74 Å². The van der Waals surface area contributed by atoms with E-state index in [0.29, 0.717) is 25.3 Å². The SMILES string of the molecule is Cc1ccc([N+](=O)[O-])cc1S(=O)(=O)N[C@H](CN1CCOCC1)c1ccccc1. The Morgan fingerprint density at radius 2 is 1.86 bits per heavy atom. The number of benzene rings is 2. The summed E-state index contributed by atoms with van der Waals surface area (Å²) in [7, 11) is -3.96. The third-order valence-corrected chi connectivity index (χ3v) is 6.33. The molecule has 1 heterocycles. The van der Waals surface area contributed by atoms with Crippen molar-refractivity contribution >= 4 is 15.7 Å². The zero-order valence-corrected chi connectivity index (χ0v) is 16.4. The van der Waals surface area contributed by atoms with E-state index in [-0.39, 0.29) is 10.6 Å². The molecule has 1 aliphatic heterocycles. The van der Waals surface area contributed by atoms with Crippen LogP contribution in [0.3, 0.4) is 0 Å². The van der Waals surface area contributed by atoms with E-state index in [4.69, 9.17) is 4.74 Å². The third kappa shape index (κ3) is 4.93. The molecular formula is C19H23N3O5S. The largest absolute Gasteiger partial charge is 0.379 e. The summed E-state index contributed by atoms with van der Waals surface area (Å²) in [6.07, 6.45) is 0. The molecule has 1 atom stereocenters. The van der Waals surface area contributed by atoms with Crippen LogP contribution in [0.15, 0.2) is 53.4 Å². The molecular weight excluding hydrogens is 382 g/mol. The number of non-ortho nitro benzene ring substituents is 1. The van der Waals surface area contributed by atoms with Crippen LogP contribution in [0.1, 0.15) is 17.2 Å². The fourth-order valence-corrected chi connectivity index (χ4v) is 4.66. The molecule has 0 saturated carbocycles. The van der Waals surface area contributed by atoms with Crippen molar-refractivity contribution in [1.82, 2.24) is 9.62 Å². The van der Waals surface area contributed by atoms with Crippen LogP contribution in [0, 0.1) is 17.0 Å². The number of sulfonamides is 1. The van der Waals surface area contributed by atoms with Gasteiger partial charge in [0.25, 0.3) is 5.69 Å². The van der Waals surface area contributed by atoms with Crippen molar-refractivity contribution in [1.29, 1.82) is 0 Å². The molecule has 0 aromatic heterocycles. The second-order valence-electron chi connectivity index (χ2n) is 6.70. The van der Waals surface area contributed by atoms with Crippen molar-refractivity contribution < 1.29 is 18.1 Å². The molecule has 2 aromatic rings. The number of aryl methyl sites for hydroxylation is 1. The van der Waals surface area contributed by atoms with Crippen molar-refractivity contribution in [3.63, 3.8) is 0 Å². The molecule has 0 spiro atoms. The maximum atomic E-state index is 13.1. The lowest BCUT2D eigenvalue weighted by molar-refractivity contribution is -0.385. The van der Waals surface area contributed by atoms with Crippen molar-refractivity contribution in [3.05, 3.63) is 69.8 Å². The number of nitro groups is 1. The predicted octanol–water partition coefficient (Wildman–Crippen LogP) is 2.26. The van der Waals surface area contributed by atoms with Crippen LogP contribution in [-0.2, 0) is 14.8 Å². The fourth-order valence-electron chi connectivity index (χ4n) is 3.18. The van der Waals surface area contributed by atoms with Crippen LogP contribution < -0.4 is 4.72 Å². The number of ether oxygens (including phenoxy) is 1. The van der Waals surface area contributed by atoms with Gasteiger partial charge in [0.15, 0.2) is 0 Å². The second kappa shape index (κ2) is 8.78. The summed E-state index contributed by atoms with van der Waals surface area (Å²) in [6, 6.07) is 12.7. The third-order valence-electron chi connectivity index (χ3n) is 4.72. The molecule has 8 nitrogen and oxygen atoms in total. The normalized spacial score (nSPS) is 16.6. The topological polar surface area (TPSA) is 102 Å². The van der Waals surface area contributed by atoms with Gasteiger partial charge in [-0.3, -0.25) is 15.0 Å². The Morgan fingerprint density at radius 1 is 1.18 bits per heavy atom. The molecule has 0 aliphatic carbocycles. The molecule has 1 N–H and O–H groups in total. The summed E-state index contributed by atoms with van der Waals surface area (Å²) in [5.41, 5.74) is 1.03. The molecule has 1 saturated heterocycles. The van der Waals surface area contributed by atoms with Gasteiger partial charge in [0.1, 0.15) is 0 Å². The van der Waals surface area contributed by atoms with E-state index < -0.39 is 21.0 Å². The lowest BCUT2D eigenvalue weighted by Gasteiger charge is -2.31. The first kappa shape index (κ1) is 20.4. The number of nitrogens with zero attached hydrogens (tertiary/aromatic N) is 2. The Labute approximate surface area is 164 Å². The number of hydrogen-bond acceptors (Lipinski definition) is 6. The van der Waals surface area contributed by atoms with Gasteiger partial charge in [0, 0.05) is 31.8 Å². The summed E-state index contributed by atoms with van der Waals surface area (Å²) < 4.78 is 34.3. The van der Waals surface area contributed by atoms with Gasteiger partial charge >= 0.3 is 0 Å². The molecule has 0 bridgehead atoms. The monoisotopic (exact) mass is 405 g/mol. The highest BCUT2D eigenvalue weighted by atomic mass is 32.2. The molecule has 0 unspecified atom stereocenters. The number of nitrogens with one attached hydrogen (secondary N) is 1. The Kier molecular flexibility index (Phi) is 6.40. The zero-order valence-electron chi connectivity index (χ0n) is 15.6. The molecule has 0 amide bonds. The van der Waals surface area contributed by atoms with Crippen LogP contribution in [0.4, 0.5) is 5.69 Å². The first-order valence-electron chi connectivity index (χ1n) is 8.99. The minimum Gasteiger partial charge on any atom is -0.379 e. The van der Waals surface area contributed by atoms with Crippen molar-refractivity contribution in [3.8, 4) is 0 Å². The Balaban J connectivity index is 1.90. The van der Waals surface area contributed by atoms with E-state index in [1.807, 2.05) is 30.3 Å². The minimum absolute atomic E-state index is 0.0791. The molecule has 1 aliphatic rings. The summed E-state index contributed by atoms with van der Waals surface area (Å²) in [6.45, 7) is 4.77. The lowest BCUT2D eigenvalue weighted by atomic mass is 10.1. The molecule has 28 heavy (non-hydrogen) atoms. The molecule has 150 valence electrons. The van der Waals surface area contributed by atoms with Crippen molar-refractivity contribution in [2.45, 2.75) is 17.9 Å². The molecule has 9 heteroatoms. The Bertz CT molecular complexity index is 928. The molecule has 0 radical (unpaired) electrons. The van der Waals surface area contributed by atoms with Crippen LogP contribution in [0.5, 0.6) is 0 Å². The van der Waals surface area contributed by atoms with Crippen LogP contribution in [-0.4, -0.2) is 51.1 Å². The number of rotatable bonds is 7. The van der Waals surface area contributed by atoms with Gasteiger partial charge in [-0.25, -0.2) is 13.1 Å². The fraction of sp³-hybridized carbons (Fsp3) is 0.368. The summed E-state index contributed by atoms with van der Waals surface area (Å²) >= 11 is 0. The average Bonchev–Trinajstić information content (AvgIpc) is 2.69. The summed E-state index contributed by atoms with van der Waals surface area (Å²) in [5, 5.41) is 11.1. The van der Waals surface area contributed by atoms with Gasteiger partial charge in [0.05, 0.1) is 29.1 Å². The van der Waals surface area contributed by atoms with E-state index >= 15 is 0 Å². The maximum Gasteiger partial charge on any atom is 0.270 e. The predicted molar refractivity (Wildman–Crippen MR) is 105 cm³/mol. The van der Waals surface area contributed by atoms with Crippen LogP contribution in [0.2, 0.25) is 0 Å². The lowest BCUT2D eigenvalue weighted by Crippen LogP contribution is -2.43. The molecule has 1 fully saturated rings. The van der Waals surface area contributed by atoms with Gasteiger partial charge in [-0.1, -0.05) is 36.4 Å². The highest BCUT2D eigenvalue weighted by molar-refractivity contribution is 7.89. The Morgan fingerprint density at radius 3 is 2.50 bits per heavy atom. The van der Waals surface area contributed by atoms with Gasteiger partial charge in [-0.2, -0.15) is 0 Å². The average molecular weight is 405 g/mol. The zero-order chi connectivity index (χ0) is 20.1. The highest BCUT2D eigenvalue weighted by Gasteiger charge is 2.27. The maximum absolute atomic E-state index is 13.1. The van der Waals surface area contributed by atoms with Crippen molar-refractivity contribution in [2.24, 2.45) is 0 Å². The highest BCUT2D eigenvalue weighted by Crippen LogP contribution is 2.24. The number of morpholine rings is 1. The minimum atomic E-state index is -3.96.